The number of nitrogens with zero attached hydrogens (tertiary/aromatic N) is 1. The zero-order chi connectivity index (χ0) is 12.0. The molecule has 0 aliphatic heterocycles. The predicted octanol–water partition coefficient (Wildman–Crippen LogP) is 2.38. The third kappa shape index (κ3) is 3.54. The molecule has 1 aromatic rings. The first-order chi connectivity index (χ1) is 7.63. The lowest BCUT2D eigenvalue weighted by atomic mass is 10.0. The second-order valence-electron chi connectivity index (χ2n) is 3.18. The molecule has 0 saturated heterocycles. The molecule has 1 N–H and O–H groups in total. The zero-order valence-corrected chi connectivity index (χ0v) is 8.48. The van der Waals surface area contributed by atoms with Gasteiger partial charge in [0, 0.05) is 0 Å². The van der Waals surface area contributed by atoms with Crippen molar-refractivity contribution in [2.45, 2.75) is 12.8 Å². The van der Waals surface area contributed by atoms with Gasteiger partial charge in [0.25, 0.3) is 0 Å². The summed E-state index contributed by atoms with van der Waals surface area (Å²) >= 11 is 0. The number of hydrogen-bond donors (Lipinski definition) is 1. The van der Waals surface area contributed by atoms with Crippen molar-refractivity contribution in [2.24, 2.45) is 0 Å². The van der Waals surface area contributed by atoms with Gasteiger partial charge in [-0.3, -0.25) is 4.79 Å². The van der Waals surface area contributed by atoms with E-state index < -0.39 is 11.8 Å². The number of hydrogen-bond acceptors (Lipinski definition) is 2. The number of rotatable bonds is 4. The van der Waals surface area contributed by atoms with Crippen molar-refractivity contribution in [1.82, 2.24) is 0 Å². The summed E-state index contributed by atoms with van der Waals surface area (Å²) in [4.78, 5) is 10.3. The van der Waals surface area contributed by atoms with Crippen molar-refractivity contribution in [2.75, 3.05) is 0 Å². The first-order valence-electron chi connectivity index (χ1n) is 4.67. The second kappa shape index (κ2) is 5.66. The molecular weight excluding hydrogens is 209 g/mol. The Morgan fingerprint density at radius 2 is 2.31 bits per heavy atom. The summed E-state index contributed by atoms with van der Waals surface area (Å²) < 4.78 is 12.9. The average molecular weight is 219 g/mol. The Labute approximate surface area is 92.4 Å². The summed E-state index contributed by atoms with van der Waals surface area (Å²) in [5.74, 6) is -1.36. The molecule has 0 spiro atoms. The van der Waals surface area contributed by atoms with Crippen LogP contribution in [-0.2, 0) is 11.2 Å². The Bertz CT molecular complexity index is 461. The van der Waals surface area contributed by atoms with Gasteiger partial charge in [0.1, 0.15) is 5.82 Å². The van der Waals surface area contributed by atoms with E-state index in [0.29, 0.717) is 11.1 Å². The van der Waals surface area contributed by atoms with Gasteiger partial charge < -0.3 is 5.11 Å². The second-order valence-corrected chi connectivity index (χ2v) is 3.18. The van der Waals surface area contributed by atoms with Gasteiger partial charge in [-0.15, -0.1) is 0 Å². The van der Waals surface area contributed by atoms with Crippen molar-refractivity contribution in [3.05, 3.63) is 41.2 Å². The summed E-state index contributed by atoms with van der Waals surface area (Å²) in [6, 6.07) is 6.06. The minimum Gasteiger partial charge on any atom is -0.481 e. The Hall–Kier alpha value is -2.15. The van der Waals surface area contributed by atoms with Crippen LogP contribution in [0.15, 0.2) is 24.3 Å². The van der Waals surface area contributed by atoms with E-state index in [1.165, 1.54) is 30.4 Å². The summed E-state index contributed by atoms with van der Waals surface area (Å²) in [6.07, 6.45) is 3.00. The Balaban J connectivity index is 2.92. The molecule has 0 bridgehead atoms. The van der Waals surface area contributed by atoms with Crippen LogP contribution in [0.5, 0.6) is 0 Å². The maximum Gasteiger partial charge on any atom is 0.307 e. The van der Waals surface area contributed by atoms with Crippen LogP contribution >= 0.6 is 0 Å². The highest BCUT2D eigenvalue weighted by Gasteiger charge is 2.01. The lowest BCUT2D eigenvalue weighted by Crippen LogP contribution is -1.91. The van der Waals surface area contributed by atoms with Crippen LogP contribution in [-0.4, -0.2) is 11.1 Å². The van der Waals surface area contributed by atoms with Crippen molar-refractivity contribution in [3.63, 3.8) is 0 Å². The molecule has 0 aromatic heterocycles. The van der Waals surface area contributed by atoms with Crippen molar-refractivity contribution in [3.8, 4) is 6.07 Å². The highest BCUT2D eigenvalue weighted by molar-refractivity contribution is 5.70. The molecule has 0 atom stereocenters. The smallest absolute Gasteiger partial charge is 0.307 e. The number of carboxylic acids is 1. The maximum atomic E-state index is 12.9. The van der Waals surface area contributed by atoms with Gasteiger partial charge in [-0.1, -0.05) is 18.2 Å². The van der Waals surface area contributed by atoms with E-state index in [1.54, 1.807) is 0 Å². The van der Waals surface area contributed by atoms with Crippen LogP contribution in [0.1, 0.15) is 17.5 Å². The first-order valence-corrected chi connectivity index (χ1v) is 4.67. The number of nitriles is 1. The van der Waals surface area contributed by atoms with Crippen LogP contribution in [0.4, 0.5) is 4.39 Å². The van der Waals surface area contributed by atoms with Crippen LogP contribution < -0.4 is 0 Å². The molecule has 1 aromatic carbocycles. The standard InChI is InChI=1S/C12H10FNO2/c13-11-5-4-9(6-7-14)10(8-11)2-1-3-12(15)16/h1-2,4-5,8H,3,6H2,(H,15,16). The van der Waals surface area contributed by atoms with Crippen molar-refractivity contribution in [1.29, 1.82) is 5.26 Å². The van der Waals surface area contributed by atoms with E-state index in [1.807, 2.05) is 6.07 Å². The molecule has 0 heterocycles. The summed E-state index contributed by atoms with van der Waals surface area (Å²) in [5.41, 5.74) is 1.23. The minimum atomic E-state index is -0.950. The van der Waals surface area contributed by atoms with Gasteiger partial charge in [0.2, 0.25) is 0 Å². The lowest BCUT2D eigenvalue weighted by Gasteiger charge is -2.01. The quantitative estimate of drug-likeness (QED) is 0.845. The highest BCUT2D eigenvalue weighted by atomic mass is 19.1. The molecule has 0 radical (unpaired) electrons. The van der Waals surface area contributed by atoms with E-state index >= 15 is 0 Å². The SMILES string of the molecule is N#CCc1ccc(F)cc1C=CCC(=O)O. The van der Waals surface area contributed by atoms with Crippen molar-refractivity contribution < 1.29 is 14.3 Å². The highest BCUT2D eigenvalue weighted by Crippen LogP contribution is 2.14. The molecule has 3 nitrogen and oxygen atoms in total. The normalized spacial score (nSPS) is 10.2. The predicted molar refractivity (Wildman–Crippen MR) is 57.0 cm³/mol. The molecule has 0 aliphatic carbocycles. The summed E-state index contributed by atoms with van der Waals surface area (Å²) in [7, 11) is 0. The third-order valence-electron chi connectivity index (χ3n) is 1.97. The van der Waals surface area contributed by atoms with E-state index in [9.17, 15) is 9.18 Å². The number of carbonyl (C=O) groups is 1. The van der Waals surface area contributed by atoms with Gasteiger partial charge in [-0.05, 0) is 23.3 Å². The molecule has 0 amide bonds. The largest absolute Gasteiger partial charge is 0.481 e. The fourth-order valence-electron chi connectivity index (χ4n) is 1.25. The van der Waals surface area contributed by atoms with Gasteiger partial charge in [0.15, 0.2) is 0 Å². The summed E-state index contributed by atoms with van der Waals surface area (Å²) in [5, 5.41) is 17.0. The van der Waals surface area contributed by atoms with Crippen molar-refractivity contribution >= 4 is 12.0 Å². The monoisotopic (exact) mass is 219 g/mol. The number of aliphatic carboxylic acids is 1. The number of carboxylic acid groups (broad SMARTS) is 1. The molecule has 4 heteroatoms. The lowest BCUT2D eigenvalue weighted by molar-refractivity contribution is -0.135. The fraction of sp³-hybridized carbons (Fsp3) is 0.167. The van der Waals surface area contributed by atoms with E-state index in [4.69, 9.17) is 10.4 Å². The molecule has 0 aliphatic rings. The van der Waals surface area contributed by atoms with Crippen LogP contribution in [0, 0.1) is 17.1 Å². The topological polar surface area (TPSA) is 61.1 Å². The molecule has 0 saturated carbocycles. The molecule has 82 valence electrons. The number of benzene rings is 1. The van der Waals surface area contributed by atoms with Crippen LogP contribution in [0.2, 0.25) is 0 Å². The molecule has 0 fully saturated rings. The number of halogens is 1. The zero-order valence-electron chi connectivity index (χ0n) is 8.48. The molecule has 16 heavy (non-hydrogen) atoms. The first kappa shape index (κ1) is 11.9. The van der Waals surface area contributed by atoms with E-state index in [-0.39, 0.29) is 12.8 Å². The van der Waals surface area contributed by atoms with E-state index in [2.05, 4.69) is 0 Å². The summed E-state index contributed by atoms with van der Waals surface area (Å²) in [6.45, 7) is 0. The van der Waals surface area contributed by atoms with Crippen LogP contribution in [0.25, 0.3) is 6.08 Å². The van der Waals surface area contributed by atoms with Gasteiger partial charge in [-0.2, -0.15) is 5.26 Å². The maximum absolute atomic E-state index is 12.9. The van der Waals surface area contributed by atoms with Crippen LogP contribution in [0.3, 0.4) is 0 Å². The third-order valence-corrected chi connectivity index (χ3v) is 1.97. The van der Waals surface area contributed by atoms with E-state index in [0.717, 1.165) is 0 Å². The fourth-order valence-corrected chi connectivity index (χ4v) is 1.25. The average Bonchev–Trinajstić information content (AvgIpc) is 2.21. The van der Waals surface area contributed by atoms with Gasteiger partial charge in [-0.25, -0.2) is 4.39 Å². The van der Waals surface area contributed by atoms with Gasteiger partial charge >= 0.3 is 5.97 Å². The Morgan fingerprint density at radius 3 is 2.94 bits per heavy atom. The molecule has 1 rings (SSSR count). The minimum absolute atomic E-state index is 0.123. The molecule has 0 unspecified atom stereocenters. The Morgan fingerprint density at radius 1 is 1.56 bits per heavy atom. The molecular formula is C12H10FNO2. The van der Waals surface area contributed by atoms with Gasteiger partial charge in [0.05, 0.1) is 18.9 Å². The Kier molecular flexibility index (Phi) is 4.22.